The molecule has 4 nitrogen and oxygen atoms in total. The van der Waals surface area contributed by atoms with E-state index in [-0.39, 0.29) is 5.91 Å². The van der Waals surface area contributed by atoms with E-state index >= 15 is 0 Å². The maximum atomic E-state index is 12.5. The van der Waals surface area contributed by atoms with Crippen LogP contribution in [0.2, 0.25) is 0 Å². The first-order valence-electron chi connectivity index (χ1n) is 8.89. The number of nitrogens with one attached hydrogen (secondary N) is 1. The lowest BCUT2D eigenvalue weighted by Gasteiger charge is -2.17. The third-order valence-electron chi connectivity index (χ3n) is 4.30. The topological polar surface area (TPSA) is 45.2 Å². The number of carbonyl (C=O) groups excluding carboxylic acids is 1. The monoisotopic (exact) mass is 399 g/mol. The zero-order valence-electron chi connectivity index (χ0n) is 16.4. The van der Waals surface area contributed by atoms with Gasteiger partial charge in [0.15, 0.2) is 0 Å². The molecule has 1 amide bonds. The highest BCUT2D eigenvalue weighted by molar-refractivity contribution is 7.16. The van der Waals surface area contributed by atoms with Crippen molar-refractivity contribution in [2.75, 3.05) is 18.9 Å². The van der Waals surface area contributed by atoms with Crippen LogP contribution < -0.4 is 5.32 Å². The number of aryl methyl sites for hydroxylation is 4. The van der Waals surface area contributed by atoms with Gasteiger partial charge in [0.05, 0.1) is 23.7 Å². The quantitative estimate of drug-likeness (QED) is 0.621. The lowest BCUT2D eigenvalue weighted by atomic mass is 10.1. The predicted octanol–water partition coefficient (Wildman–Crippen LogP) is 5.18. The van der Waals surface area contributed by atoms with Crippen LogP contribution in [0.1, 0.15) is 26.6 Å². The molecule has 0 saturated carbocycles. The van der Waals surface area contributed by atoms with Crippen LogP contribution in [0.25, 0.3) is 10.6 Å². The third-order valence-corrected chi connectivity index (χ3v) is 6.16. The van der Waals surface area contributed by atoms with Crippen LogP contribution in [0.5, 0.6) is 0 Å². The number of likely N-dealkylation sites (N-methyl/N-ethyl adjacent to an activating group) is 1. The average molecular weight is 400 g/mol. The standard InChI is InChI=1S/C21H25N3OS2/c1-13-8-14(2)21(15(3)9-13)23-19(25)10-24(5)11-20-22-17(12-26-20)18-7-6-16(4)27-18/h6-9,12H,10-11H2,1-5H3,(H,23,25). The number of thiazole rings is 1. The van der Waals surface area contributed by atoms with E-state index in [2.05, 4.69) is 48.8 Å². The second-order valence-corrected chi connectivity index (χ2v) is 9.26. The second kappa shape index (κ2) is 8.33. The Morgan fingerprint density at radius 2 is 1.85 bits per heavy atom. The van der Waals surface area contributed by atoms with Crippen LogP contribution in [-0.4, -0.2) is 29.4 Å². The lowest BCUT2D eigenvalue weighted by Crippen LogP contribution is -2.30. The smallest absolute Gasteiger partial charge is 0.238 e. The summed E-state index contributed by atoms with van der Waals surface area (Å²) in [6.07, 6.45) is 0. The van der Waals surface area contributed by atoms with Gasteiger partial charge in [-0.1, -0.05) is 17.7 Å². The molecule has 0 bridgehead atoms. The molecule has 0 saturated heterocycles. The minimum atomic E-state index is -0.00165. The summed E-state index contributed by atoms with van der Waals surface area (Å²) in [5, 5.41) is 6.17. The van der Waals surface area contributed by atoms with Gasteiger partial charge in [0, 0.05) is 15.9 Å². The average Bonchev–Trinajstić information content (AvgIpc) is 3.19. The van der Waals surface area contributed by atoms with Crippen molar-refractivity contribution in [3.05, 3.63) is 56.2 Å². The minimum Gasteiger partial charge on any atom is -0.324 e. The van der Waals surface area contributed by atoms with Crippen LogP contribution in [0.15, 0.2) is 29.6 Å². The van der Waals surface area contributed by atoms with Gasteiger partial charge in [-0.15, -0.1) is 22.7 Å². The third kappa shape index (κ3) is 5.03. The molecule has 6 heteroatoms. The van der Waals surface area contributed by atoms with Gasteiger partial charge in [-0.2, -0.15) is 0 Å². The van der Waals surface area contributed by atoms with Gasteiger partial charge in [-0.05, 0) is 58.0 Å². The first-order chi connectivity index (χ1) is 12.8. The summed E-state index contributed by atoms with van der Waals surface area (Å²) in [5.74, 6) is -0.00165. The second-order valence-electron chi connectivity index (χ2n) is 7.03. The van der Waals surface area contributed by atoms with Crippen molar-refractivity contribution in [2.24, 2.45) is 0 Å². The maximum absolute atomic E-state index is 12.5. The number of hydrogen-bond acceptors (Lipinski definition) is 5. The number of benzene rings is 1. The van der Waals surface area contributed by atoms with E-state index in [0.717, 1.165) is 27.5 Å². The van der Waals surface area contributed by atoms with E-state index in [4.69, 9.17) is 4.98 Å². The van der Waals surface area contributed by atoms with Crippen molar-refractivity contribution in [1.82, 2.24) is 9.88 Å². The molecular weight excluding hydrogens is 374 g/mol. The van der Waals surface area contributed by atoms with Crippen molar-refractivity contribution >= 4 is 34.3 Å². The number of rotatable bonds is 6. The summed E-state index contributed by atoms with van der Waals surface area (Å²) in [6, 6.07) is 8.41. The predicted molar refractivity (Wildman–Crippen MR) is 116 cm³/mol. The normalized spacial score (nSPS) is 11.2. The molecule has 142 valence electrons. The number of aromatic nitrogens is 1. The van der Waals surface area contributed by atoms with Crippen molar-refractivity contribution < 1.29 is 4.79 Å². The van der Waals surface area contributed by atoms with Crippen molar-refractivity contribution in [3.63, 3.8) is 0 Å². The number of nitrogens with zero attached hydrogens (tertiary/aromatic N) is 2. The molecule has 0 fully saturated rings. The molecule has 0 radical (unpaired) electrons. The fraction of sp³-hybridized carbons (Fsp3) is 0.333. The number of thiophene rings is 1. The van der Waals surface area contributed by atoms with E-state index in [1.54, 1.807) is 22.7 Å². The van der Waals surface area contributed by atoms with Crippen molar-refractivity contribution in [1.29, 1.82) is 0 Å². The number of carbonyl (C=O) groups is 1. The lowest BCUT2D eigenvalue weighted by molar-refractivity contribution is -0.117. The molecule has 27 heavy (non-hydrogen) atoms. The summed E-state index contributed by atoms with van der Waals surface area (Å²) >= 11 is 3.40. The Kier molecular flexibility index (Phi) is 6.09. The zero-order chi connectivity index (χ0) is 19.6. The molecule has 0 aliphatic carbocycles. The highest BCUT2D eigenvalue weighted by Crippen LogP contribution is 2.29. The summed E-state index contributed by atoms with van der Waals surface area (Å²) < 4.78 is 0. The van der Waals surface area contributed by atoms with Crippen molar-refractivity contribution in [2.45, 2.75) is 34.2 Å². The van der Waals surface area contributed by atoms with E-state index < -0.39 is 0 Å². The fourth-order valence-electron chi connectivity index (χ4n) is 3.16. The van der Waals surface area contributed by atoms with Gasteiger partial charge in [0.25, 0.3) is 0 Å². The summed E-state index contributed by atoms with van der Waals surface area (Å²) in [5.41, 5.74) is 5.35. The number of amides is 1. The molecule has 0 aliphatic rings. The van der Waals surface area contributed by atoms with Gasteiger partial charge >= 0.3 is 0 Å². The molecule has 1 aromatic carbocycles. The van der Waals surface area contributed by atoms with Crippen LogP contribution in [0, 0.1) is 27.7 Å². The Morgan fingerprint density at radius 1 is 1.15 bits per heavy atom. The number of anilines is 1. The van der Waals surface area contributed by atoms with Gasteiger partial charge < -0.3 is 5.32 Å². The molecule has 3 aromatic rings. The highest BCUT2D eigenvalue weighted by Gasteiger charge is 2.13. The highest BCUT2D eigenvalue weighted by atomic mass is 32.1. The molecule has 0 spiro atoms. The molecule has 3 rings (SSSR count). The largest absolute Gasteiger partial charge is 0.324 e. The number of hydrogen-bond donors (Lipinski definition) is 1. The molecule has 0 atom stereocenters. The van der Waals surface area contributed by atoms with Crippen molar-refractivity contribution in [3.8, 4) is 10.6 Å². The zero-order valence-corrected chi connectivity index (χ0v) is 18.1. The minimum absolute atomic E-state index is 0.00165. The van der Waals surface area contributed by atoms with Crippen LogP contribution >= 0.6 is 22.7 Å². The Morgan fingerprint density at radius 3 is 2.48 bits per heavy atom. The summed E-state index contributed by atoms with van der Waals surface area (Å²) in [4.78, 5) is 21.7. The van der Waals surface area contributed by atoms with E-state index in [9.17, 15) is 4.79 Å². The summed E-state index contributed by atoms with van der Waals surface area (Å²) in [6.45, 7) is 9.23. The molecular formula is C21H25N3OS2. The SMILES string of the molecule is Cc1cc(C)c(NC(=O)CN(C)Cc2nc(-c3ccc(C)s3)cs2)c(C)c1. The molecule has 0 aliphatic heterocycles. The van der Waals surface area contributed by atoms with Crippen LogP contribution in [-0.2, 0) is 11.3 Å². The summed E-state index contributed by atoms with van der Waals surface area (Å²) in [7, 11) is 1.95. The van der Waals surface area contributed by atoms with E-state index in [1.165, 1.54) is 15.3 Å². The van der Waals surface area contributed by atoms with Crippen LogP contribution in [0.4, 0.5) is 5.69 Å². The Labute approximate surface area is 168 Å². The molecule has 2 aromatic heterocycles. The van der Waals surface area contributed by atoms with E-state index in [1.807, 2.05) is 25.8 Å². The first-order valence-corrected chi connectivity index (χ1v) is 10.6. The first kappa shape index (κ1) is 19.7. The van der Waals surface area contributed by atoms with Crippen LogP contribution in [0.3, 0.4) is 0 Å². The molecule has 0 unspecified atom stereocenters. The maximum Gasteiger partial charge on any atom is 0.238 e. The Hall–Kier alpha value is -2.02. The van der Waals surface area contributed by atoms with Gasteiger partial charge in [-0.3, -0.25) is 9.69 Å². The van der Waals surface area contributed by atoms with Gasteiger partial charge in [0.1, 0.15) is 5.01 Å². The Bertz CT molecular complexity index is 935. The molecule has 2 heterocycles. The molecule has 1 N–H and O–H groups in total. The Balaban J connectivity index is 1.59. The van der Waals surface area contributed by atoms with Gasteiger partial charge in [-0.25, -0.2) is 4.98 Å². The van der Waals surface area contributed by atoms with Gasteiger partial charge in [0.2, 0.25) is 5.91 Å². The van der Waals surface area contributed by atoms with E-state index in [0.29, 0.717) is 13.1 Å². The fourth-order valence-corrected chi connectivity index (χ4v) is 4.93.